The van der Waals surface area contributed by atoms with E-state index in [1.165, 1.54) is 100 Å². The monoisotopic (exact) mass is 929 g/mol. The summed E-state index contributed by atoms with van der Waals surface area (Å²) in [6.07, 6.45) is 0.937. The Morgan fingerprint density at radius 3 is 1.53 bits per heavy atom. The largest absolute Gasteiger partial charge is 0.454 e. The number of ether oxygens (including phenoxy) is 1. The maximum absolute atomic E-state index is 7.37. The van der Waals surface area contributed by atoms with Crippen LogP contribution in [0.1, 0.15) is 58.4 Å². The van der Waals surface area contributed by atoms with Gasteiger partial charge in [-0.2, -0.15) is 0 Å². The van der Waals surface area contributed by atoms with Gasteiger partial charge in [-0.1, -0.05) is 214 Å². The minimum Gasteiger partial charge on any atom is -0.454 e. The Morgan fingerprint density at radius 1 is 0.329 bits per heavy atom. The van der Waals surface area contributed by atoms with Gasteiger partial charge in [0.2, 0.25) is 0 Å². The zero-order valence-electron chi connectivity index (χ0n) is 40.6. The molecular formula is C71H47NO. The minimum absolute atomic E-state index is 0.211. The molecule has 1 heterocycles. The number of nitrogens with zero attached hydrogens (tertiary/aromatic N) is 1. The van der Waals surface area contributed by atoms with Crippen molar-refractivity contribution >= 4 is 17.1 Å². The topological polar surface area (TPSA) is 12.5 Å². The number of para-hydroxylation sites is 2. The van der Waals surface area contributed by atoms with E-state index in [-0.39, 0.29) is 5.41 Å². The van der Waals surface area contributed by atoms with E-state index in [9.17, 15) is 0 Å². The van der Waals surface area contributed by atoms with E-state index in [4.69, 9.17) is 4.74 Å². The van der Waals surface area contributed by atoms with Crippen molar-refractivity contribution in [3.8, 4) is 89.4 Å². The normalized spacial score (nSPS) is 15.8. The van der Waals surface area contributed by atoms with E-state index in [0.717, 1.165) is 57.2 Å². The van der Waals surface area contributed by atoms with E-state index in [0.29, 0.717) is 0 Å². The lowest BCUT2D eigenvalue weighted by Gasteiger charge is -2.37. The van der Waals surface area contributed by atoms with E-state index < -0.39 is 5.41 Å². The summed E-state index contributed by atoms with van der Waals surface area (Å²) in [5, 5.41) is 0. The van der Waals surface area contributed by atoms with Gasteiger partial charge in [0.1, 0.15) is 5.75 Å². The molecule has 1 unspecified atom stereocenters. The summed E-state index contributed by atoms with van der Waals surface area (Å²) in [7, 11) is 0. The van der Waals surface area contributed by atoms with Crippen LogP contribution in [0.5, 0.6) is 11.5 Å². The third-order valence-corrected chi connectivity index (χ3v) is 17.1. The van der Waals surface area contributed by atoms with Crippen LogP contribution in [0.4, 0.5) is 17.1 Å². The first-order chi connectivity index (χ1) is 36.0. The van der Waals surface area contributed by atoms with E-state index in [1.807, 2.05) is 0 Å². The molecule has 73 heavy (non-hydrogen) atoms. The smallest absolute Gasteiger partial charge is 0.159 e. The Balaban J connectivity index is 1.03. The molecule has 0 aromatic heterocycles. The van der Waals surface area contributed by atoms with Gasteiger partial charge >= 0.3 is 0 Å². The van der Waals surface area contributed by atoms with Crippen LogP contribution in [-0.4, -0.2) is 0 Å². The molecule has 0 bridgehead atoms. The zero-order chi connectivity index (χ0) is 48.2. The standard InChI is InChI=1S/C71H47NO/c1-70(2)59-29-13-9-25-53(59)55-38-36-45(41-63(55)70)72(65-32-17-28-57-51-23-8-7-22-50(51)56-26-12-16-33-66(56)73-69(57)65)46-35-37-54-49-21-6-5-20-48(49)52-24-10-14-30-60(52)71(64(54)42-46)61-31-15-11-27-58(61)68-62(71)39-34-44-40-43-18-3-4-19-47(43)67(44)68/h3-39,41-42H,40H2,1-2H3. The summed E-state index contributed by atoms with van der Waals surface area (Å²) in [5.41, 5.74) is 30.3. The van der Waals surface area contributed by atoms with Gasteiger partial charge in [0, 0.05) is 27.9 Å². The number of hydrogen-bond acceptors (Lipinski definition) is 2. The lowest BCUT2D eigenvalue weighted by Crippen LogP contribution is -2.29. The maximum atomic E-state index is 7.37. The van der Waals surface area contributed by atoms with Crippen LogP contribution in [0.15, 0.2) is 237 Å². The minimum atomic E-state index is -0.686. The van der Waals surface area contributed by atoms with Gasteiger partial charge in [0.15, 0.2) is 5.75 Å². The number of anilines is 3. The second-order valence-corrected chi connectivity index (χ2v) is 21.0. The maximum Gasteiger partial charge on any atom is 0.159 e. The molecule has 1 atom stereocenters. The van der Waals surface area contributed by atoms with Gasteiger partial charge in [-0.3, -0.25) is 0 Å². The molecule has 2 nitrogen and oxygen atoms in total. The van der Waals surface area contributed by atoms with Gasteiger partial charge in [-0.15, -0.1) is 0 Å². The lowest BCUT2D eigenvalue weighted by atomic mass is 9.65. The molecule has 1 spiro atoms. The molecule has 0 saturated heterocycles. The third-order valence-electron chi connectivity index (χ3n) is 17.1. The molecule has 0 amide bonds. The first kappa shape index (κ1) is 40.7. The predicted octanol–water partition coefficient (Wildman–Crippen LogP) is 18.5. The highest BCUT2D eigenvalue weighted by Crippen LogP contribution is 2.65. The summed E-state index contributed by atoms with van der Waals surface area (Å²) in [4.78, 5) is 2.49. The highest BCUT2D eigenvalue weighted by atomic mass is 16.5. The highest BCUT2D eigenvalue weighted by molar-refractivity contribution is 6.04. The quantitative estimate of drug-likeness (QED) is 0.175. The number of hydrogen-bond donors (Lipinski definition) is 0. The van der Waals surface area contributed by atoms with Crippen molar-refractivity contribution in [2.24, 2.45) is 0 Å². The summed E-state index contributed by atoms with van der Waals surface area (Å²) in [6.45, 7) is 4.75. The fraction of sp³-hybridized carbons (Fsp3) is 0.0704. The van der Waals surface area contributed by atoms with Crippen molar-refractivity contribution in [3.63, 3.8) is 0 Å². The summed E-state index contributed by atoms with van der Waals surface area (Å²) < 4.78 is 7.37. The molecule has 11 aromatic carbocycles. The molecule has 16 rings (SSSR count). The first-order valence-corrected chi connectivity index (χ1v) is 25.7. The SMILES string of the molecule is CC1(C)c2ccccc2-c2ccc(N(c3ccc4c(c3)C3(c5ccccc5-c5ccccc5-4)c4ccccc4-c4c3ccc3c4-c4ccccc4C3)c3cccc4c3Oc3ccccc3-c3ccccc3-4)cc21. The van der Waals surface area contributed by atoms with Gasteiger partial charge in [0.05, 0.1) is 11.1 Å². The molecule has 2 heteroatoms. The molecule has 11 aromatic rings. The van der Waals surface area contributed by atoms with Crippen molar-refractivity contribution in [1.82, 2.24) is 0 Å². The molecule has 0 fully saturated rings. The average Bonchev–Trinajstić information content (AvgIpc) is 4.01. The molecule has 4 aliphatic carbocycles. The van der Waals surface area contributed by atoms with Crippen LogP contribution < -0.4 is 9.64 Å². The first-order valence-electron chi connectivity index (χ1n) is 25.7. The van der Waals surface area contributed by atoms with Crippen LogP contribution in [0.3, 0.4) is 0 Å². The van der Waals surface area contributed by atoms with Crippen molar-refractivity contribution in [2.75, 3.05) is 4.90 Å². The van der Waals surface area contributed by atoms with Gasteiger partial charge in [-0.05, 0) is 154 Å². The fourth-order valence-electron chi connectivity index (χ4n) is 14.0. The average molecular weight is 930 g/mol. The molecule has 0 N–H and O–H groups in total. The Labute approximate surface area is 426 Å². The van der Waals surface area contributed by atoms with Crippen LogP contribution in [-0.2, 0) is 17.3 Å². The second-order valence-electron chi connectivity index (χ2n) is 21.0. The predicted molar refractivity (Wildman–Crippen MR) is 300 cm³/mol. The Morgan fingerprint density at radius 2 is 0.822 bits per heavy atom. The van der Waals surface area contributed by atoms with E-state index in [2.05, 4.69) is 255 Å². The second kappa shape index (κ2) is 14.8. The molecule has 0 saturated carbocycles. The van der Waals surface area contributed by atoms with Gasteiger partial charge in [-0.25, -0.2) is 0 Å². The van der Waals surface area contributed by atoms with Crippen molar-refractivity contribution < 1.29 is 4.74 Å². The molecule has 5 aliphatic rings. The molecule has 1 aliphatic heterocycles. The Bertz CT molecular complexity index is 4210. The van der Waals surface area contributed by atoms with Crippen molar-refractivity contribution in [1.29, 1.82) is 0 Å². The summed E-state index contributed by atoms with van der Waals surface area (Å²) >= 11 is 0. The van der Waals surface area contributed by atoms with Gasteiger partial charge in [0.25, 0.3) is 0 Å². The van der Waals surface area contributed by atoms with Crippen molar-refractivity contribution in [2.45, 2.75) is 31.1 Å². The van der Waals surface area contributed by atoms with Crippen LogP contribution in [0.2, 0.25) is 0 Å². The van der Waals surface area contributed by atoms with Crippen LogP contribution >= 0.6 is 0 Å². The van der Waals surface area contributed by atoms with E-state index >= 15 is 0 Å². The number of fused-ring (bicyclic) bond motifs is 24. The molecule has 0 radical (unpaired) electrons. The van der Waals surface area contributed by atoms with E-state index in [1.54, 1.807) is 0 Å². The number of rotatable bonds is 3. The van der Waals surface area contributed by atoms with Gasteiger partial charge < -0.3 is 9.64 Å². The zero-order valence-corrected chi connectivity index (χ0v) is 40.6. The number of benzene rings is 11. The third kappa shape index (κ3) is 5.37. The fourth-order valence-corrected chi connectivity index (χ4v) is 14.0. The summed E-state index contributed by atoms with van der Waals surface area (Å²) in [6, 6.07) is 89.0. The Kier molecular flexibility index (Phi) is 8.25. The molecular weight excluding hydrogens is 883 g/mol. The van der Waals surface area contributed by atoms with Crippen LogP contribution in [0.25, 0.3) is 77.9 Å². The lowest BCUT2D eigenvalue weighted by molar-refractivity contribution is 0.489. The summed E-state index contributed by atoms with van der Waals surface area (Å²) in [5.74, 6) is 1.67. The van der Waals surface area contributed by atoms with Crippen molar-refractivity contribution in [3.05, 3.63) is 281 Å². The van der Waals surface area contributed by atoms with Crippen LogP contribution in [0, 0.1) is 0 Å². The Hall–Kier alpha value is -8.98. The molecule has 342 valence electrons. The highest BCUT2D eigenvalue weighted by Gasteiger charge is 2.51.